The maximum absolute atomic E-state index is 13.6. The topological polar surface area (TPSA) is 62.2 Å². The third-order valence-electron chi connectivity index (χ3n) is 6.29. The summed E-state index contributed by atoms with van der Waals surface area (Å²) >= 11 is 1.64. The molecule has 1 aliphatic heterocycles. The number of pyridine rings is 1. The van der Waals surface area contributed by atoms with Crippen LogP contribution in [0.5, 0.6) is 0 Å². The smallest absolute Gasteiger partial charge is 0.226 e. The summed E-state index contributed by atoms with van der Waals surface area (Å²) in [6.07, 6.45) is 5.01. The van der Waals surface area contributed by atoms with Crippen LogP contribution in [0.4, 0.5) is 10.2 Å². The van der Waals surface area contributed by atoms with Crippen molar-refractivity contribution in [2.75, 3.05) is 18.0 Å². The molecular formula is C27H26FN5OS. The van der Waals surface area contributed by atoms with Crippen LogP contribution in [0.3, 0.4) is 0 Å². The van der Waals surface area contributed by atoms with Gasteiger partial charge in [-0.1, -0.05) is 24.3 Å². The Bertz CT molecular complexity index is 1230. The molecular weight excluding hydrogens is 461 g/mol. The SMILES string of the molecule is O=C(C1CCN(c2ccc(-c3cccs3)nn2)CC1)N(Cc1ccc(F)cc1)Cc1cccnc1. The van der Waals surface area contributed by atoms with E-state index in [-0.39, 0.29) is 17.6 Å². The van der Waals surface area contributed by atoms with Gasteiger partial charge in [-0.2, -0.15) is 0 Å². The average Bonchev–Trinajstić information content (AvgIpc) is 3.45. The van der Waals surface area contributed by atoms with E-state index in [9.17, 15) is 9.18 Å². The molecule has 0 spiro atoms. The Morgan fingerprint density at radius 1 is 0.971 bits per heavy atom. The van der Waals surface area contributed by atoms with Gasteiger partial charge in [-0.15, -0.1) is 21.5 Å². The highest BCUT2D eigenvalue weighted by molar-refractivity contribution is 7.13. The number of piperidine rings is 1. The molecule has 178 valence electrons. The molecule has 0 radical (unpaired) electrons. The zero-order chi connectivity index (χ0) is 24.0. The highest BCUT2D eigenvalue weighted by Crippen LogP contribution is 2.27. The van der Waals surface area contributed by atoms with Gasteiger partial charge in [0.2, 0.25) is 5.91 Å². The molecule has 1 aliphatic rings. The molecule has 1 aromatic carbocycles. The minimum atomic E-state index is -0.280. The van der Waals surface area contributed by atoms with Crippen molar-refractivity contribution in [1.82, 2.24) is 20.1 Å². The molecule has 4 aromatic rings. The molecule has 0 aliphatic carbocycles. The minimum absolute atomic E-state index is 0.0679. The molecule has 3 aromatic heterocycles. The number of carbonyl (C=O) groups is 1. The van der Waals surface area contributed by atoms with Crippen molar-refractivity contribution in [2.24, 2.45) is 5.92 Å². The van der Waals surface area contributed by atoms with Crippen molar-refractivity contribution in [1.29, 1.82) is 0 Å². The first-order valence-corrected chi connectivity index (χ1v) is 12.6. The van der Waals surface area contributed by atoms with Gasteiger partial charge in [0.05, 0.1) is 4.88 Å². The summed E-state index contributed by atoms with van der Waals surface area (Å²) in [5.41, 5.74) is 2.75. The first kappa shape index (κ1) is 23.1. The van der Waals surface area contributed by atoms with Crippen LogP contribution in [0, 0.1) is 11.7 Å². The molecule has 0 unspecified atom stereocenters. The predicted molar refractivity (Wildman–Crippen MR) is 135 cm³/mol. The third-order valence-corrected chi connectivity index (χ3v) is 7.18. The summed E-state index contributed by atoms with van der Waals surface area (Å²) in [6, 6.07) is 18.2. The van der Waals surface area contributed by atoms with Gasteiger partial charge >= 0.3 is 0 Å². The first-order chi connectivity index (χ1) is 17.2. The van der Waals surface area contributed by atoms with E-state index < -0.39 is 0 Å². The molecule has 1 amide bonds. The zero-order valence-electron chi connectivity index (χ0n) is 19.3. The van der Waals surface area contributed by atoms with Crippen LogP contribution >= 0.6 is 11.3 Å². The van der Waals surface area contributed by atoms with Gasteiger partial charge in [-0.25, -0.2) is 4.39 Å². The van der Waals surface area contributed by atoms with E-state index in [1.165, 1.54) is 12.1 Å². The summed E-state index contributed by atoms with van der Waals surface area (Å²) < 4.78 is 13.4. The van der Waals surface area contributed by atoms with Crippen molar-refractivity contribution in [3.8, 4) is 10.6 Å². The highest BCUT2D eigenvalue weighted by atomic mass is 32.1. The largest absolute Gasteiger partial charge is 0.355 e. The summed E-state index contributed by atoms with van der Waals surface area (Å²) in [4.78, 5) is 22.9. The van der Waals surface area contributed by atoms with Crippen molar-refractivity contribution < 1.29 is 9.18 Å². The van der Waals surface area contributed by atoms with Gasteiger partial charge in [0.15, 0.2) is 5.82 Å². The molecule has 0 bridgehead atoms. The van der Waals surface area contributed by atoms with Crippen LogP contribution in [0.2, 0.25) is 0 Å². The molecule has 8 heteroatoms. The van der Waals surface area contributed by atoms with Crippen molar-refractivity contribution in [3.63, 3.8) is 0 Å². The monoisotopic (exact) mass is 487 g/mol. The number of rotatable bonds is 7. The number of hydrogen-bond acceptors (Lipinski definition) is 6. The first-order valence-electron chi connectivity index (χ1n) is 11.7. The van der Waals surface area contributed by atoms with E-state index in [4.69, 9.17) is 0 Å². The number of nitrogens with zero attached hydrogens (tertiary/aromatic N) is 5. The lowest BCUT2D eigenvalue weighted by Crippen LogP contribution is -2.42. The van der Waals surface area contributed by atoms with E-state index in [1.54, 1.807) is 35.9 Å². The molecule has 0 atom stereocenters. The van der Waals surface area contributed by atoms with Gasteiger partial charge in [-0.05, 0) is 65.7 Å². The summed E-state index contributed by atoms with van der Waals surface area (Å²) in [5, 5.41) is 10.8. The van der Waals surface area contributed by atoms with Crippen LogP contribution in [-0.2, 0) is 17.9 Å². The number of amides is 1. The second-order valence-corrected chi connectivity index (χ2v) is 9.65. The molecule has 35 heavy (non-hydrogen) atoms. The quantitative estimate of drug-likeness (QED) is 0.359. The van der Waals surface area contributed by atoms with Gasteiger partial charge in [0.1, 0.15) is 11.5 Å². The summed E-state index contributed by atoms with van der Waals surface area (Å²) in [6.45, 7) is 2.41. The van der Waals surface area contributed by atoms with Crippen molar-refractivity contribution in [2.45, 2.75) is 25.9 Å². The second kappa shape index (κ2) is 10.7. The summed E-state index contributed by atoms with van der Waals surface area (Å²) in [5.74, 6) is 0.617. The zero-order valence-corrected chi connectivity index (χ0v) is 20.1. The van der Waals surface area contributed by atoms with E-state index in [2.05, 4.69) is 20.1 Å². The lowest BCUT2D eigenvalue weighted by Gasteiger charge is -2.34. The lowest BCUT2D eigenvalue weighted by molar-refractivity contribution is -0.137. The van der Waals surface area contributed by atoms with Crippen LogP contribution in [0.1, 0.15) is 24.0 Å². The number of carbonyl (C=O) groups excluding carboxylic acids is 1. The van der Waals surface area contributed by atoms with Gasteiger partial charge in [0.25, 0.3) is 0 Å². The predicted octanol–water partition coefficient (Wildman–Crippen LogP) is 5.18. The molecule has 1 saturated heterocycles. The second-order valence-electron chi connectivity index (χ2n) is 8.70. The van der Waals surface area contributed by atoms with E-state index in [0.29, 0.717) is 13.1 Å². The molecule has 6 nitrogen and oxygen atoms in total. The fourth-order valence-corrected chi connectivity index (χ4v) is 5.09. The van der Waals surface area contributed by atoms with Gasteiger partial charge in [-0.3, -0.25) is 9.78 Å². The Morgan fingerprint density at radius 2 is 1.77 bits per heavy atom. The molecule has 0 saturated carbocycles. The van der Waals surface area contributed by atoms with Crippen molar-refractivity contribution in [3.05, 3.63) is 95.4 Å². The Hall–Kier alpha value is -3.65. The fourth-order valence-electron chi connectivity index (χ4n) is 4.40. The standard InChI is InChI=1S/C27H26FN5OS/c28-23-7-5-20(6-8-23)18-33(19-21-3-1-13-29-17-21)27(34)22-11-14-32(15-12-22)26-10-9-24(30-31-26)25-4-2-16-35-25/h1-10,13,16-17,22H,11-12,14-15,18-19H2. The van der Waals surface area contributed by atoms with Gasteiger partial charge < -0.3 is 9.80 Å². The number of halogens is 1. The Labute approximate surface area is 208 Å². The van der Waals surface area contributed by atoms with E-state index >= 15 is 0 Å². The molecule has 5 rings (SSSR count). The maximum atomic E-state index is 13.6. The average molecular weight is 488 g/mol. The van der Waals surface area contributed by atoms with Crippen LogP contribution in [-0.4, -0.2) is 39.1 Å². The number of anilines is 1. The minimum Gasteiger partial charge on any atom is -0.355 e. The Morgan fingerprint density at radius 3 is 2.43 bits per heavy atom. The molecule has 4 heterocycles. The number of benzene rings is 1. The lowest BCUT2D eigenvalue weighted by atomic mass is 9.94. The highest BCUT2D eigenvalue weighted by Gasteiger charge is 2.29. The maximum Gasteiger partial charge on any atom is 0.226 e. The third kappa shape index (κ3) is 5.71. The number of aromatic nitrogens is 3. The van der Waals surface area contributed by atoms with E-state index in [1.807, 2.05) is 46.7 Å². The van der Waals surface area contributed by atoms with Crippen LogP contribution in [0.25, 0.3) is 10.6 Å². The van der Waals surface area contributed by atoms with E-state index in [0.717, 1.165) is 53.4 Å². The number of hydrogen-bond donors (Lipinski definition) is 0. The summed E-state index contributed by atoms with van der Waals surface area (Å²) in [7, 11) is 0. The van der Waals surface area contributed by atoms with Crippen LogP contribution in [0.15, 0.2) is 78.4 Å². The molecule has 0 N–H and O–H groups in total. The Kier molecular flexibility index (Phi) is 7.09. The van der Waals surface area contributed by atoms with Crippen LogP contribution < -0.4 is 4.90 Å². The molecule has 1 fully saturated rings. The Balaban J connectivity index is 1.24. The van der Waals surface area contributed by atoms with Gasteiger partial charge in [0, 0.05) is 44.5 Å². The normalized spacial score (nSPS) is 14.1. The number of thiophene rings is 1. The van der Waals surface area contributed by atoms with Crippen molar-refractivity contribution >= 4 is 23.1 Å². The fraction of sp³-hybridized carbons (Fsp3) is 0.259.